The van der Waals surface area contributed by atoms with Crippen molar-refractivity contribution in [3.8, 4) is 0 Å². The maximum absolute atomic E-state index is 8.71. The van der Waals surface area contributed by atoms with Crippen molar-refractivity contribution in [1.82, 2.24) is 4.98 Å². The number of pyridine rings is 1. The fourth-order valence-electron chi connectivity index (χ4n) is 1.35. The maximum Gasteiger partial charge on any atom is 0.126 e. The van der Waals surface area contributed by atoms with Crippen molar-refractivity contribution in [1.29, 1.82) is 0 Å². The van der Waals surface area contributed by atoms with Crippen LogP contribution in [0, 0.1) is 6.92 Å². The lowest BCUT2D eigenvalue weighted by molar-refractivity contribution is 0.282. The van der Waals surface area contributed by atoms with E-state index in [1.165, 1.54) is 0 Å². The number of nitrogens with zero attached hydrogens (tertiary/aromatic N) is 1. The first-order valence-corrected chi connectivity index (χ1v) is 5.93. The first-order chi connectivity index (χ1) is 7.13. The lowest BCUT2D eigenvalue weighted by Gasteiger charge is -2.14. The van der Waals surface area contributed by atoms with Crippen LogP contribution in [0.5, 0.6) is 0 Å². The molecule has 0 saturated heterocycles. The molecule has 1 atom stereocenters. The Morgan fingerprint density at radius 2 is 2.27 bits per heavy atom. The van der Waals surface area contributed by atoms with Crippen molar-refractivity contribution in [3.05, 3.63) is 22.3 Å². The number of aromatic nitrogens is 1. The molecule has 0 fully saturated rings. The Morgan fingerprint density at radius 3 is 2.87 bits per heavy atom. The SMILES string of the molecule is Cc1nc(NC(C)CCCO)ccc1Br. The van der Waals surface area contributed by atoms with E-state index in [4.69, 9.17) is 5.11 Å². The van der Waals surface area contributed by atoms with Crippen molar-refractivity contribution < 1.29 is 5.11 Å². The van der Waals surface area contributed by atoms with Crippen LogP contribution in [0.4, 0.5) is 5.82 Å². The molecule has 0 aliphatic carbocycles. The summed E-state index contributed by atoms with van der Waals surface area (Å²) in [6.07, 6.45) is 1.77. The number of aliphatic hydroxyl groups is 1. The molecule has 1 unspecified atom stereocenters. The van der Waals surface area contributed by atoms with E-state index in [1.807, 2.05) is 19.1 Å². The molecule has 0 saturated carbocycles. The van der Waals surface area contributed by atoms with E-state index in [9.17, 15) is 0 Å². The van der Waals surface area contributed by atoms with Gasteiger partial charge >= 0.3 is 0 Å². The topological polar surface area (TPSA) is 45.2 Å². The van der Waals surface area contributed by atoms with Gasteiger partial charge in [0.15, 0.2) is 0 Å². The molecular weight excluding hydrogens is 256 g/mol. The molecule has 1 aromatic heterocycles. The lowest BCUT2D eigenvalue weighted by atomic mass is 10.2. The largest absolute Gasteiger partial charge is 0.396 e. The molecule has 1 heterocycles. The van der Waals surface area contributed by atoms with Crippen LogP contribution in [-0.2, 0) is 0 Å². The van der Waals surface area contributed by atoms with Crippen LogP contribution >= 0.6 is 15.9 Å². The summed E-state index contributed by atoms with van der Waals surface area (Å²) in [5.74, 6) is 0.890. The van der Waals surface area contributed by atoms with Gasteiger partial charge in [-0.15, -0.1) is 0 Å². The van der Waals surface area contributed by atoms with Gasteiger partial charge < -0.3 is 10.4 Å². The number of hydrogen-bond donors (Lipinski definition) is 2. The number of rotatable bonds is 5. The van der Waals surface area contributed by atoms with E-state index in [1.54, 1.807) is 0 Å². The van der Waals surface area contributed by atoms with Crippen LogP contribution in [0.2, 0.25) is 0 Å². The van der Waals surface area contributed by atoms with Crippen LogP contribution in [-0.4, -0.2) is 22.7 Å². The molecule has 1 aromatic rings. The van der Waals surface area contributed by atoms with Crippen LogP contribution in [0.15, 0.2) is 16.6 Å². The van der Waals surface area contributed by atoms with Gasteiger partial charge in [-0.2, -0.15) is 0 Å². The summed E-state index contributed by atoms with van der Waals surface area (Å²) in [6.45, 7) is 4.31. The summed E-state index contributed by atoms with van der Waals surface area (Å²) in [5.41, 5.74) is 0.981. The summed E-state index contributed by atoms with van der Waals surface area (Å²) in [5, 5.41) is 12.0. The number of aliphatic hydroxyl groups excluding tert-OH is 1. The fraction of sp³-hybridized carbons (Fsp3) is 0.545. The highest BCUT2D eigenvalue weighted by Gasteiger charge is 2.03. The van der Waals surface area contributed by atoms with E-state index in [0.29, 0.717) is 6.04 Å². The summed E-state index contributed by atoms with van der Waals surface area (Å²) in [4.78, 5) is 4.40. The van der Waals surface area contributed by atoms with Crippen molar-refractivity contribution in [2.24, 2.45) is 0 Å². The summed E-state index contributed by atoms with van der Waals surface area (Å²) in [7, 11) is 0. The molecule has 0 aliphatic rings. The Morgan fingerprint density at radius 1 is 1.53 bits per heavy atom. The molecule has 0 radical (unpaired) electrons. The van der Waals surface area contributed by atoms with Gasteiger partial charge in [-0.25, -0.2) is 4.98 Å². The fourth-order valence-corrected chi connectivity index (χ4v) is 1.57. The second-order valence-electron chi connectivity index (χ2n) is 3.67. The van der Waals surface area contributed by atoms with Gasteiger partial charge in [-0.3, -0.25) is 0 Å². The Labute approximate surface area is 99.1 Å². The lowest BCUT2D eigenvalue weighted by Crippen LogP contribution is -2.16. The predicted octanol–water partition coefficient (Wildman–Crippen LogP) is 2.73. The average molecular weight is 273 g/mol. The summed E-state index contributed by atoms with van der Waals surface area (Å²) in [6, 6.07) is 4.28. The molecule has 84 valence electrons. The molecule has 0 amide bonds. The Balaban J connectivity index is 2.53. The summed E-state index contributed by atoms with van der Waals surface area (Å²) >= 11 is 3.41. The third-order valence-corrected chi connectivity index (χ3v) is 3.05. The zero-order valence-corrected chi connectivity index (χ0v) is 10.7. The highest BCUT2D eigenvalue weighted by molar-refractivity contribution is 9.10. The smallest absolute Gasteiger partial charge is 0.126 e. The first kappa shape index (κ1) is 12.5. The number of anilines is 1. The molecular formula is C11H17BrN2O. The average Bonchev–Trinajstić information content (AvgIpc) is 2.20. The molecule has 4 heteroatoms. The van der Waals surface area contributed by atoms with Gasteiger partial charge in [0.05, 0.1) is 5.69 Å². The van der Waals surface area contributed by atoms with E-state index in [-0.39, 0.29) is 6.61 Å². The number of hydrogen-bond acceptors (Lipinski definition) is 3. The second kappa shape index (κ2) is 6.08. The Bertz CT molecular complexity index is 317. The molecule has 15 heavy (non-hydrogen) atoms. The minimum Gasteiger partial charge on any atom is -0.396 e. The van der Waals surface area contributed by atoms with Crippen molar-refractivity contribution in [2.45, 2.75) is 32.7 Å². The second-order valence-corrected chi connectivity index (χ2v) is 4.53. The molecule has 0 aliphatic heterocycles. The number of halogens is 1. The molecule has 3 nitrogen and oxygen atoms in total. The van der Waals surface area contributed by atoms with Crippen LogP contribution in [0.3, 0.4) is 0 Å². The van der Waals surface area contributed by atoms with Crippen LogP contribution < -0.4 is 5.32 Å². The van der Waals surface area contributed by atoms with E-state index in [2.05, 4.69) is 33.2 Å². The van der Waals surface area contributed by atoms with Crippen molar-refractivity contribution in [3.63, 3.8) is 0 Å². The number of nitrogens with one attached hydrogen (secondary N) is 1. The molecule has 1 rings (SSSR count). The number of aryl methyl sites for hydroxylation is 1. The van der Waals surface area contributed by atoms with Gasteiger partial charge in [-0.05, 0) is 54.8 Å². The van der Waals surface area contributed by atoms with Gasteiger partial charge in [0.2, 0.25) is 0 Å². The highest BCUT2D eigenvalue weighted by Crippen LogP contribution is 2.17. The minimum absolute atomic E-state index is 0.249. The van der Waals surface area contributed by atoms with Gasteiger partial charge in [0, 0.05) is 17.1 Å². The monoisotopic (exact) mass is 272 g/mol. The van der Waals surface area contributed by atoms with Crippen molar-refractivity contribution >= 4 is 21.7 Å². The van der Waals surface area contributed by atoms with Crippen molar-refractivity contribution in [2.75, 3.05) is 11.9 Å². The zero-order chi connectivity index (χ0) is 11.3. The maximum atomic E-state index is 8.71. The van der Waals surface area contributed by atoms with Gasteiger partial charge in [0.25, 0.3) is 0 Å². The quantitative estimate of drug-likeness (QED) is 0.867. The molecule has 0 spiro atoms. The standard InChI is InChI=1S/C11H17BrN2O/c1-8(4-3-7-15)13-11-6-5-10(12)9(2)14-11/h5-6,8,15H,3-4,7H2,1-2H3,(H,13,14). The third kappa shape index (κ3) is 4.18. The Hall–Kier alpha value is -0.610. The first-order valence-electron chi connectivity index (χ1n) is 5.14. The van der Waals surface area contributed by atoms with Gasteiger partial charge in [-0.1, -0.05) is 0 Å². The molecule has 2 N–H and O–H groups in total. The van der Waals surface area contributed by atoms with Crippen LogP contribution in [0.1, 0.15) is 25.5 Å². The normalized spacial score (nSPS) is 12.5. The summed E-state index contributed by atoms with van der Waals surface area (Å²) < 4.78 is 1.02. The molecule has 0 aromatic carbocycles. The third-order valence-electron chi connectivity index (χ3n) is 2.21. The van der Waals surface area contributed by atoms with E-state index < -0.39 is 0 Å². The minimum atomic E-state index is 0.249. The van der Waals surface area contributed by atoms with Gasteiger partial charge in [0.1, 0.15) is 5.82 Å². The molecule has 0 bridgehead atoms. The highest BCUT2D eigenvalue weighted by atomic mass is 79.9. The van der Waals surface area contributed by atoms with E-state index >= 15 is 0 Å². The Kier molecular flexibility index (Phi) is 5.05. The van der Waals surface area contributed by atoms with E-state index in [0.717, 1.165) is 28.8 Å². The zero-order valence-electron chi connectivity index (χ0n) is 9.13. The van der Waals surface area contributed by atoms with Crippen LogP contribution in [0.25, 0.3) is 0 Å². The predicted molar refractivity (Wildman–Crippen MR) is 66.1 cm³/mol.